The summed E-state index contributed by atoms with van der Waals surface area (Å²) in [6.45, 7) is 7.58. The van der Waals surface area contributed by atoms with Gasteiger partial charge in [-0.25, -0.2) is 4.79 Å². The van der Waals surface area contributed by atoms with Crippen LogP contribution in [0.25, 0.3) is 0 Å². The maximum absolute atomic E-state index is 13.2. The highest BCUT2D eigenvalue weighted by atomic mass is 16.5. The van der Waals surface area contributed by atoms with Crippen molar-refractivity contribution in [2.24, 2.45) is 5.73 Å². The van der Waals surface area contributed by atoms with Gasteiger partial charge in [-0.2, -0.15) is 0 Å². The third-order valence-electron chi connectivity index (χ3n) is 6.64. The Balaban J connectivity index is 2.57. The first-order valence-electron chi connectivity index (χ1n) is 15.2. The van der Waals surface area contributed by atoms with Gasteiger partial charge >= 0.3 is 6.09 Å². The minimum Gasteiger partial charge on any atom is -0.450 e. The van der Waals surface area contributed by atoms with E-state index in [-0.39, 0.29) is 24.7 Å². The summed E-state index contributed by atoms with van der Waals surface area (Å²) in [5.41, 5.74) is 6.15. The lowest BCUT2D eigenvalue weighted by Crippen LogP contribution is -2.47. The average Bonchev–Trinajstić information content (AvgIpc) is 2.94. The SMILES string of the molecule is CCCCCCCOCC(CNC(=O)[C@H](CCCCOC(N)=O)NCc1ccccc1)OCCCCCCC. The minimum absolute atomic E-state index is 0.0575. The molecule has 0 fully saturated rings. The second-order valence-electron chi connectivity index (χ2n) is 10.2. The van der Waals surface area contributed by atoms with Crippen LogP contribution in [-0.4, -0.2) is 57.1 Å². The van der Waals surface area contributed by atoms with E-state index in [0.29, 0.717) is 39.1 Å². The molecule has 1 aromatic rings. The second-order valence-corrected chi connectivity index (χ2v) is 10.2. The van der Waals surface area contributed by atoms with E-state index in [2.05, 4.69) is 24.5 Å². The summed E-state index contributed by atoms with van der Waals surface area (Å²) in [5.74, 6) is -0.0575. The molecule has 8 nitrogen and oxygen atoms in total. The van der Waals surface area contributed by atoms with E-state index >= 15 is 0 Å². The number of benzene rings is 1. The van der Waals surface area contributed by atoms with Crippen LogP contribution < -0.4 is 16.4 Å². The molecule has 2 amide bonds. The fourth-order valence-corrected chi connectivity index (χ4v) is 4.27. The molecule has 0 aromatic heterocycles. The molecule has 39 heavy (non-hydrogen) atoms. The number of hydrogen-bond acceptors (Lipinski definition) is 6. The number of hydrogen-bond donors (Lipinski definition) is 3. The monoisotopic (exact) mass is 549 g/mol. The zero-order chi connectivity index (χ0) is 28.4. The maximum atomic E-state index is 13.2. The van der Waals surface area contributed by atoms with Crippen LogP contribution in [0, 0.1) is 0 Å². The van der Waals surface area contributed by atoms with Gasteiger partial charge in [0.2, 0.25) is 5.91 Å². The molecule has 8 heteroatoms. The number of carbonyl (C=O) groups excluding carboxylic acids is 2. The fourth-order valence-electron chi connectivity index (χ4n) is 4.27. The lowest BCUT2D eigenvalue weighted by atomic mass is 10.1. The number of rotatable bonds is 26. The Morgan fingerprint density at radius 2 is 1.46 bits per heavy atom. The van der Waals surface area contributed by atoms with Gasteiger partial charge in [-0.1, -0.05) is 95.5 Å². The molecule has 2 atom stereocenters. The molecule has 0 aliphatic heterocycles. The molecule has 0 spiro atoms. The molecule has 0 saturated carbocycles. The van der Waals surface area contributed by atoms with Crippen molar-refractivity contribution in [3.63, 3.8) is 0 Å². The smallest absolute Gasteiger partial charge is 0.404 e. The van der Waals surface area contributed by atoms with Crippen LogP contribution in [0.2, 0.25) is 0 Å². The molecule has 0 heterocycles. The first-order valence-corrected chi connectivity index (χ1v) is 15.2. The van der Waals surface area contributed by atoms with Gasteiger partial charge in [-0.05, 0) is 37.7 Å². The zero-order valence-electron chi connectivity index (χ0n) is 24.6. The number of nitrogens with two attached hydrogens (primary N) is 1. The number of unbranched alkanes of at least 4 members (excludes halogenated alkanes) is 9. The number of ether oxygens (including phenoxy) is 3. The highest BCUT2D eigenvalue weighted by Gasteiger charge is 2.20. The number of nitrogens with one attached hydrogen (secondary N) is 2. The van der Waals surface area contributed by atoms with E-state index in [1.54, 1.807) is 0 Å². The van der Waals surface area contributed by atoms with Gasteiger partial charge in [0, 0.05) is 26.3 Å². The Hall–Kier alpha value is -2.16. The molecule has 0 bridgehead atoms. The maximum Gasteiger partial charge on any atom is 0.404 e. The Kier molecular flexibility index (Phi) is 22.2. The van der Waals surface area contributed by atoms with Crippen LogP contribution in [0.5, 0.6) is 0 Å². The third-order valence-corrected chi connectivity index (χ3v) is 6.64. The van der Waals surface area contributed by atoms with E-state index < -0.39 is 6.09 Å². The highest BCUT2D eigenvalue weighted by Crippen LogP contribution is 2.08. The quantitative estimate of drug-likeness (QED) is 0.125. The molecule has 1 unspecified atom stereocenters. The molecule has 1 aromatic carbocycles. The van der Waals surface area contributed by atoms with Crippen LogP contribution in [0.1, 0.15) is 103 Å². The normalized spacial score (nSPS) is 12.7. The fraction of sp³-hybridized carbons (Fsp3) is 0.742. The number of primary amides is 1. The van der Waals surface area contributed by atoms with Gasteiger partial charge in [-0.15, -0.1) is 0 Å². The van der Waals surface area contributed by atoms with E-state index in [1.165, 1.54) is 44.9 Å². The summed E-state index contributed by atoms with van der Waals surface area (Å²) in [6, 6.07) is 9.65. The predicted octanol–water partition coefficient (Wildman–Crippen LogP) is 5.87. The van der Waals surface area contributed by atoms with E-state index in [0.717, 1.165) is 37.9 Å². The van der Waals surface area contributed by atoms with Crippen molar-refractivity contribution in [1.82, 2.24) is 10.6 Å². The largest absolute Gasteiger partial charge is 0.450 e. The van der Waals surface area contributed by atoms with Crippen LogP contribution in [0.15, 0.2) is 30.3 Å². The van der Waals surface area contributed by atoms with Crippen LogP contribution in [-0.2, 0) is 25.5 Å². The average molecular weight is 550 g/mol. The third kappa shape index (κ3) is 20.4. The predicted molar refractivity (Wildman–Crippen MR) is 158 cm³/mol. The minimum atomic E-state index is -0.772. The Bertz CT molecular complexity index is 719. The van der Waals surface area contributed by atoms with Gasteiger partial charge in [0.1, 0.15) is 0 Å². The Labute approximate surface area is 237 Å². The van der Waals surface area contributed by atoms with Crippen LogP contribution >= 0.6 is 0 Å². The van der Waals surface area contributed by atoms with Gasteiger partial charge in [0.05, 0.1) is 25.4 Å². The lowest BCUT2D eigenvalue weighted by Gasteiger charge is -2.22. The van der Waals surface area contributed by atoms with Crippen molar-refractivity contribution in [2.75, 3.05) is 33.0 Å². The Morgan fingerprint density at radius 3 is 2.13 bits per heavy atom. The van der Waals surface area contributed by atoms with E-state index in [9.17, 15) is 9.59 Å². The number of carbonyl (C=O) groups is 2. The van der Waals surface area contributed by atoms with Crippen molar-refractivity contribution in [3.05, 3.63) is 35.9 Å². The summed E-state index contributed by atoms with van der Waals surface area (Å²) in [5, 5.41) is 6.49. The lowest BCUT2D eigenvalue weighted by molar-refractivity contribution is -0.124. The topological polar surface area (TPSA) is 112 Å². The first kappa shape index (κ1) is 34.9. The second kappa shape index (κ2) is 24.9. The van der Waals surface area contributed by atoms with Crippen molar-refractivity contribution in [2.45, 2.75) is 116 Å². The molecule has 0 aliphatic rings. The van der Waals surface area contributed by atoms with Gasteiger partial charge in [-0.3, -0.25) is 4.79 Å². The van der Waals surface area contributed by atoms with Crippen molar-refractivity contribution in [1.29, 1.82) is 0 Å². The molecule has 0 aliphatic carbocycles. The van der Waals surface area contributed by atoms with Crippen molar-refractivity contribution < 1.29 is 23.8 Å². The summed E-state index contributed by atoms with van der Waals surface area (Å²) in [4.78, 5) is 24.0. The summed E-state index contributed by atoms with van der Waals surface area (Å²) >= 11 is 0. The van der Waals surface area contributed by atoms with Crippen LogP contribution in [0.4, 0.5) is 4.79 Å². The molecule has 1 rings (SSSR count). The summed E-state index contributed by atoms with van der Waals surface area (Å²) in [7, 11) is 0. The molecule has 0 radical (unpaired) electrons. The number of amides is 2. The van der Waals surface area contributed by atoms with Crippen molar-refractivity contribution >= 4 is 12.0 Å². The Morgan fingerprint density at radius 1 is 0.821 bits per heavy atom. The molecule has 4 N–H and O–H groups in total. The summed E-state index contributed by atoms with van der Waals surface area (Å²) in [6.07, 6.45) is 12.9. The van der Waals surface area contributed by atoms with Gasteiger partial charge < -0.3 is 30.6 Å². The molecular formula is C31H55N3O5. The van der Waals surface area contributed by atoms with E-state index in [1.807, 2.05) is 30.3 Å². The summed E-state index contributed by atoms with van der Waals surface area (Å²) < 4.78 is 16.9. The van der Waals surface area contributed by atoms with Gasteiger partial charge in [0.25, 0.3) is 0 Å². The van der Waals surface area contributed by atoms with Crippen LogP contribution in [0.3, 0.4) is 0 Å². The molecule has 0 saturated heterocycles. The highest BCUT2D eigenvalue weighted by molar-refractivity contribution is 5.81. The first-order chi connectivity index (χ1) is 19.1. The molecular weight excluding hydrogens is 494 g/mol. The van der Waals surface area contributed by atoms with Crippen molar-refractivity contribution in [3.8, 4) is 0 Å². The van der Waals surface area contributed by atoms with E-state index in [4.69, 9.17) is 19.9 Å². The standard InChI is InChI=1S/C31H55N3O5/c1-3-5-7-9-15-21-37-26-28(38-22-16-10-8-6-4-2)25-34-30(35)29(20-14-17-23-39-31(32)36)33-24-27-18-12-11-13-19-27/h11-13,18-19,28-29,33H,3-10,14-17,20-26H2,1-2H3,(H2,32,36)(H,34,35)/t28?,29-/m0/s1. The van der Waals surface area contributed by atoms with Gasteiger partial charge in [0.15, 0.2) is 0 Å². The zero-order valence-corrected chi connectivity index (χ0v) is 24.6. The molecule has 224 valence electrons.